The third kappa shape index (κ3) is 4.34. The summed E-state index contributed by atoms with van der Waals surface area (Å²) in [6.07, 6.45) is 4.84. The average molecular weight is 310 g/mol. The predicted octanol–water partition coefficient (Wildman–Crippen LogP) is 1.29. The highest BCUT2D eigenvalue weighted by molar-refractivity contribution is 5.90. The van der Waals surface area contributed by atoms with Gasteiger partial charge in [-0.05, 0) is 28.6 Å². The van der Waals surface area contributed by atoms with Gasteiger partial charge in [0.25, 0.3) is 0 Å². The van der Waals surface area contributed by atoms with Crippen molar-refractivity contribution in [3.8, 4) is 5.75 Å². The molecule has 0 aliphatic rings. The summed E-state index contributed by atoms with van der Waals surface area (Å²) in [5.41, 5.74) is 1.62. The lowest BCUT2D eigenvalue weighted by molar-refractivity contribution is -0.116. The molecule has 2 heterocycles. The smallest absolute Gasteiger partial charge is 0.246 e. The molecule has 0 bridgehead atoms. The number of aromatic nitrogens is 5. The van der Waals surface area contributed by atoms with E-state index < -0.39 is 0 Å². The lowest BCUT2D eigenvalue weighted by atomic mass is 10.3. The molecule has 3 rings (SSSR count). The Kier molecular flexibility index (Phi) is 4.53. The van der Waals surface area contributed by atoms with Crippen molar-refractivity contribution in [1.29, 1.82) is 0 Å². The largest absolute Gasteiger partial charge is 0.489 e. The summed E-state index contributed by atoms with van der Waals surface area (Å²) in [7, 11) is 0. The second-order valence-electron chi connectivity index (χ2n) is 4.73. The molecule has 0 spiro atoms. The SMILES string of the molecule is O=C(Cn1cnnn1)Nc1cccc(OCc2cccnc2)c1. The zero-order valence-electron chi connectivity index (χ0n) is 12.2. The Balaban J connectivity index is 1.57. The van der Waals surface area contributed by atoms with Crippen LogP contribution in [0.4, 0.5) is 5.69 Å². The Bertz CT molecular complexity index is 761. The topological polar surface area (TPSA) is 94.8 Å². The summed E-state index contributed by atoms with van der Waals surface area (Å²) >= 11 is 0. The number of hydrogen-bond donors (Lipinski definition) is 1. The fourth-order valence-electron chi connectivity index (χ4n) is 1.91. The molecule has 0 saturated heterocycles. The number of anilines is 1. The molecule has 2 aromatic heterocycles. The van der Waals surface area contributed by atoms with E-state index in [0.29, 0.717) is 18.0 Å². The zero-order chi connectivity index (χ0) is 15.9. The zero-order valence-corrected chi connectivity index (χ0v) is 12.2. The molecule has 1 aromatic carbocycles. The number of pyridine rings is 1. The van der Waals surface area contributed by atoms with Gasteiger partial charge in [0, 0.05) is 29.7 Å². The molecule has 0 unspecified atom stereocenters. The standard InChI is InChI=1S/C15H14N6O2/c22-15(9-21-11-17-19-20-21)18-13-4-1-5-14(7-13)23-10-12-3-2-6-16-8-12/h1-8,11H,9-10H2,(H,18,22). The molecular weight excluding hydrogens is 296 g/mol. The Morgan fingerprint density at radius 1 is 1.26 bits per heavy atom. The van der Waals surface area contributed by atoms with Gasteiger partial charge in [0.1, 0.15) is 25.2 Å². The molecule has 0 aliphatic carbocycles. The molecule has 116 valence electrons. The van der Waals surface area contributed by atoms with Gasteiger partial charge in [-0.3, -0.25) is 9.78 Å². The van der Waals surface area contributed by atoms with Crippen molar-refractivity contribution in [2.24, 2.45) is 0 Å². The number of nitrogens with zero attached hydrogens (tertiary/aromatic N) is 5. The fraction of sp³-hybridized carbons (Fsp3) is 0.133. The van der Waals surface area contributed by atoms with Crippen LogP contribution < -0.4 is 10.1 Å². The van der Waals surface area contributed by atoms with E-state index >= 15 is 0 Å². The van der Waals surface area contributed by atoms with Gasteiger partial charge in [0.2, 0.25) is 5.91 Å². The first-order valence-corrected chi connectivity index (χ1v) is 6.92. The van der Waals surface area contributed by atoms with Gasteiger partial charge >= 0.3 is 0 Å². The van der Waals surface area contributed by atoms with Crippen LogP contribution in [0.3, 0.4) is 0 Å². The molecule has 1 amide bonds. The van der Waals surface area contributed by atoms with Crippen LogP contribution in [0.5, 0.6) is 5.75 Å². The predicted molar refractivity (Wildman–Crippen MR) is 81.5 cm³/mol. The van der Waals surface area contributed by atoms with E-state index in [1.54, 1.807) is 24.5 Å². The van der Waals surface area contributed by atoms with E-state index in [0.717, 1.165) is 5.56 Å². The number of ether oxygens (including phenoxy) is 1. The third-order valence-electron chi connectivity index (χ3n) is 2.94. The molecule has 0 fully saturated rings. The van der Waals surface area contributed by atoms with Crippen molar-refractivity contribution in [2.45, 2.75) is 13.2 Å². The summed E-state index contributed by atoms with van der Waals surface area (Å²) in [5.74, 6) is 0.441. The Morgan fingerprint density at radius 2 is 2.22 bits per heavy atom. The molecule has 0 saturated carbocycles. The minimum atomic E-state index is -0.221. The second kappa shape index (κ2) is 7.12. The van der Waals surface area contributed by atoms with Gasteiger partial charge in [0.15, 0.2) is 0 Å². The van der Waals surface area contributed by atoms with Gasteiger partial charge in [-0.15, -0.1) is 5.10 Å². The number of rotatable bonds is 6. The van der Waals surface area contributed by atoms with E-state index in [9.17, 15) is 4.79 Å². The first kappa shape index (κ1) is 14.6. The van der Waals surface area contributed by atoms with E-state index in [-0.39, 0.29) is 12.5 Å². The normalized spacial score (nSPS) is 10.3. The molecule has 3 aromatic rings. The van der Waals surface area contributed by atoms with E-state index in [1.165, 1.54) is 11.0 Å². The van der Waals surface area contributed by atoms with Crippen LogP contribution in [-0.4, -0.2) is 31.1 Å². The first-order valence-electron chi connectivity index (χ1n) is 6.92. The summed E-state index contributed by atoms with van der Waals surface area (Å²) in [5, 5.41) is 13.4. The summed E-state index contributed by atoms with van der Waals surface area (Å²) in [6.45, 7) is 0.462. The van der Waals surface area contributed by atoms with Gasteiger partial charge in [-0.2, -0.15) is 0 Å². The minimum absolute atomic E-state index is 0.0494. The molecule has 8 nitrogen and oxygen atoms in total. The Hall–Kier alpha value is -3.29. The van der Waals surface area contributed by atoms with Gasteiger partial charge in [-0.25, -0.2) is 4.68 Å². The maximum atomic E-state index is 11.9. The van der Waals surface area contributed by atoms with Crippen molar-refractivity contribution >= 4 is 11.6 Å². The van der Waals surface area contributed by atoms with Crippen LogP contribution >= 0.6 is 0 Å². The monoisotopic (exact) mass is 310 g/mol. The average Bonchev–Trinajstić information content (AvgIpc) is 3.07. The van der Waals surface area contributed by atoms with Crippen LogP contribution in [-0.2, 0) is 17.9 Å². The third-order valence-corrected chi connectivity index (χ3v) is 2.94. The molecular formula is C15H14N6O2. The second-order valence-corrected chi connectivity index (χ2v) is 4.73. The quantitative estimate of drug-likeness (QED) is 0.737. The number of hydrogen-bond acceptors (Lipinski definition) is 6. The number of benzene rings is 1. The van der Waals surface area contributed by atoms with Crippen molar-refractivity contribution in [3.05, 3.63) is 60.7 Å². The van der Waals surface area contributed by atoms with Gasteiger partial charge in [0.05, 0.1) is 0 Å². The lowest BCUT2D eigenvalue weighted by Gasteiger charge is -2.09. The number of carbonyl (C=O) groups excluding carboxylic acids is 1. The van der Waals surface area contributed by atoms with Gasteiger partial charge in [-0.1, -0.05) is 12.1 Å². The molecule has 1 N–H and O–H groups in total. The van der Waals surface area contributed by atoms with Crippen molar-refractivity contribution in [2.75, 3.05) is 5.32 Å². The van der Waals surface area contributed by atoms with Crippen LogP contribution in [0.2, 0.25) is 0 Å². The Morgan fingerprint density at radius 3 is 3.00 bits per heavy atom. The van der Waals surface area contributed by atoms with Gasteiger partial charge < -0.3 is 10.1 Å². The van der Waals surface area contributed by atoms with E-state index in [4.69, 9.17) is 4.74 Å². The molecule has 23 heavy (non-hydrogen) atoms. The number of tetrazole rings is 1. The molecule has 8 heteroatoms. The van der Waals surface area contributed by atoms with Crippen LogP contribution in [0.1, 0.15) is 5.56 Å². The molecule has 0 atom stereocenters. The number of carbonyl (C=O) groups is 1. The molecule has 0 aliphatic heterocycles. The van der Waals surface area contributed by atoms with Crippen LogP contribution in [0.25, 0.3) is 0 Å². The van der Waals surface area contributed by atoms with Crippen molar-refractivity contribution < 1.29 is 9.53 Å². The summed E-state index contributed by atoms with van der Waals surface area (Å²) in [4.78, 5) is 15.9. The van der Waals surface area contributed by atoms with E-state index in [2.05, 4.69) is 25.8 Å². The number of nitrogens with one attached hydrogen (secondary N) is 1. The maximum absolute atomic E-state index is 11.9. The van der Waals surface area contributed by atoms with Crippen molar-refractivity contribution in [3.63, 3.8) is 0 Å². The van der Waals surface area contributed by atoms with Crippen LogP contribution in [0, 0.1) is 0 Å². The minimum Gasteiger partial charge on any atom is -0.489 e. The highest BCUT2D eigenvalue weighted by Gasteiger charge is 2.05. The fourth-order valence-corrected chi connectivity index (χ4v) is 1.91. The summed E-state index contributed by atoms with van der Waals surface area (Å²) in [6, 6.07) is 11.0. The Labute approximate surface area is 132 Å². The maximum Gasteiger partial charge on any atom is 0.246 e. The number of amides is 1. The first-order chi connectivity index (χ1) is 11.3. The van der Waals surface area contributed by atoms with Crippen LogP contribution in [0.15, 0.2) is 55.1 Å². The van der Waals surface area contributed by atoms with Crippen molar-refractivity contribution in [1.82, 2.24) is 25.2 Å². The summed E-state index contributed by atoms with van der Waals surface area (Å²) < 4.78 is 7.04. The van der Waals surface area contributed by atoms with E-state index in [1.807, 2.05) is 24.3 Å². The molecule has 0 radical (unpaired) electrons. The highest BCUT2D eigenvalue weighted by atomic mass is 16.5. The lowest BCUT2D eigenvalue weighted by Crippen LogP contribution is -2.19. The highest BCUT2D eigenvalue weighted by Crippen LogP contribution is 2.18.